The lowest BCUT2D eigenvalue weighted by Crippen LogP contribution is -2.49. The third kappa shape index (κ3) is 3.27. The maximum absolute atomic E-state index is 13.1. The van der Waals surface area contributed by atoms with Crippen molar-refractivity contribution in [3.63, 3.8) is 0 Å². The quantitative estimate of drug-likeness (QED) is 0.703. The molecule has 1 saturated heterocycles. The summed E-state index contributed by atoms with van der Waals surface area (Å²) < 4.78 is 1.80. The molecule has 1 aliphatic rings. The Balaban J connectivity index is 1.71. The molecule has 0 bridgehead atoms. The topological polar surface area (TPSA) is 38.1 Å². The van der Waals surface area contributed by atoms with Gasteiger partial charge in [0.1, 0.15) is 5.69 Å². The van der Waals surface area contributed by atoms with E-state index in [2.05, 4.69) is 53.6 Å². The zero-order valence-corrected chi connectivity index (χ0v) is 15.7. The molecule has 27 heavy (non-hydrogen) atoms. The van der Waals surface area contributed by atoms with Crippen molar-refractivity contribution in [2.24, 2.45) is 0 Å². The molecule has 2 aromatic carbocycles. The van der Waals surface area contributed by atoms with Gasteiger partial charge in [0.05, 0.1) is 0 Å². The molecule has 4 heteroatoms. The van der Waals surface area contributed by atoms with Crippen LogP contribution in [0.3, 0.4) is 0 Å². The smallest absolute Gasteiger partial charge is 0.274 e. The molecule has 1 amide bonds. The number of carbonyl (C=O) groups is 1. The Morgan fingerprint density at radius 3 is 2.19 bits per heavy atom. The largest absolute Gasteiger partial charge is 0.336 e. The zero-order valence-electron chi connectivity index (χ0n) is 15.7. The van der Waals surface area contributed by atoms with Crippen LogP contribution in [0.5, 0.6) is 0 Å². The summed E-state index contributed by atoms with van der Waals surface area (Å²) in [6.45, 7) is 4.25. The van der Waals surface area contributed by atoms with Gasteiger partial charge < -0.3 is 4.90 Å². The van der Waals surface area contributed by atoms with E-state index in [1.807, 2.05) is 36.2 Å². The van der Waals surface area contributed by atoms with Crippen molar-refractivity contribution in [3.05, 3.63) is 89.7 Å². The molecular formula is C23H25N3O. The van der Waals surface area contributed by atoms with Gasteiger partial charge in [0.25, 0.3) is 5.91 Å². The Hall–Kier alpha value is -2.88. The van der Waals surface area contributed by atoms with Gasteiger partial charge in [-0.15, -0.1) is 0 Å². The average Bonchev–Trinajstić information content (AvgIpc) is 3.24. The highest BCUT2D eigenvalue weighted by molar-refractivity contribution is 5.92. The van der Waals surface area contributed by atoms with Crippen molar-refractivity contribution in [2.75, 3.05) is 13.1 Å². The molecule has 1 aromatic heterocycles. The molecule has 0 spiro atoms. The summed E-state index contributed by atoms with van der Waals surface area (Å²) in [6, 6.07) is 23.0. The normalized spacial score (nSPS) is 16.3. The summed E-state index contributed by atoms with van der Waals surface area (Å²) >= 11 is 0. The monoisotopic (exact) mass is 359 g/mol. The molecule has 0 saturated carbocycles. The SMILES string of the molecule is CCn1ccc(C(=O)N2CCCC(c3ccccc3)(c3ccccc3)C2)n1. The number of hydrogen-bond donors (Lipinski definition) is 0. The summed E-state index contributed by atoms with van der Waals surface area (Å²) in [6.07, 6.45) is 3.89. The minimum atomic E-state index is -0.177. The van der Waals surface area contributed by atoms with Gasteiger partial charge in [-0.05, 0) is 37.0 Å². The van der Waals surface area contributed by atoms with E-state index >= 15 is 0 Å². The highest BCUT2D eigenvalue weighted by atomic mass is 16.2. The van der Waals surface area contributed by atoms with Crippen LogP contribution in [-0.2, 0) is 12.0 Å². The molecule has 0 atom stereocenters. The lowest BCUT2D eigenvalue weighted by Gasteiger charge is -2.43. The second-order valence-electron chi connectivity index (χ2n) is 7.20. The number of aryl methyl sites for hydroxylation is 1. The second kappa shape index (κ2) is 7.39. The van der Waals surface area contributed by atoms with Crippen molar-refractivity contribution in [1.29, 1.82) is 0 Å². The van der Waals surface area contributed by atoms with Gasteiger partial charge in [-0.2, -0.15) is 5.10 Å². The molecule has 0 N–H and O–H groups in total. The average molecular weight is 359 g/mol. The van der Waals surface area contributed by atoms with Gasteiger partial charge >= 0.3 is 0 Å². The Kier molecular flexibility index (Phi) is 4.80. The van der Waals surface area contributed by atoms with Crippen molar-refractivity contribution in [3.8, 4) is 0 Å². The Bertz CT molecular complexity index is 862. The number of piperidine rings is 1. The lowest BCUT2D eigenvalue weighted by molar-refractivity contribution is 0.0659. The highest BCUT2D eigenvalue weighted by Crippen LogP contribution is 2.40. The predicted octanol–water partition coefficient (Wildman–Crippen LogP) is 4.13. The first-order valence-electron chi connectivity index (χ1n) is 9.67. The van der Waals surface area contributed by atoms with E-state index < -0.39 is 0 Å². The van der Waals surface area contributed by atoms with Crippen molar-refractivity contribution >= 4 is 5.91 Å². The van der Waals surface area contributed by atoms with Gasteiger partial charge in [-0.3, -0.25) is 9.48 Å². The Morgan fingerprint density at radius 1 is 1.00 bits per heavy atom. The fourth-order valence-electron chi connectivity index (χ4n) is 4.20. The zero-order chi connectivity index (χ0) is 18.7. The van der Waals surface area contributed by atoms with Crippen LogP contribution >= 0.6 is 0 Å². The summed E-state index contributed by atoms with van der Waals surface area (Å²) in [5, 5.41) is 4.42. The molecule has 4 rings (SSSR count). The van der Waals surface area contributed by atoms with E-state index in [1.165, 1.54) is 11.1 Å². The Morgan fingerprint density at radius 2 is 1.63 bits per heavy atom. The number of benzene rings is 2. The minimum Gasteiger partial charge on any atom is -0.336 e. The van der Waals surface area contributed by atoms with Crippen LogP contribution in [0.4, 0.5) is 0 Å². The van der Waals surface area contributed by atoms with Crippen molar-refractivity contribution < 1.29 is 4.79 Å². The molecule has 0 radical (unpaired) electrons. The van der Waals surface area contributed by atoms with E-state index in [0.717, 1.165) is 25.9 Å². The summed E-state index contributed by atoms with van der Waals surface area (Å²) in [5.74, 6) is 0.0261. The molecule has 138 valence electrons. The summed E-state index contributed by atoms with van der Waals surface area (Å²) in [4.78, 5) is 15.1. The molecule has 4 nitrogen and oxygen atoms in total. The molecule has 3 aromatic rings. The summed E-state index contributed by atoms with van der Waals surface area (Å²) in [5.41, 5.74) is 2.90. The van der Waals surface area contributed by atoms with Crippen molar-refractivity contribution in [2.45, 2.75) is 31.7 Å². The van der Waals surface area contributed by atoms with E-state index in [1.54, 1.807) is 4.68 Å². The van der Waals surface area contributed by atoms with Gasteiger partial charge in [-0.25, -0.2) is 0 Å². The fourth-order valence-corrected chi connectivity index (χ4v) is 4.20. The standard InChI is InChI=1S/C23H25N3O/c1-2-26-17-14-21(24-26)22(27)25-16-9-15-23(18-25,19-10-5-3-6-11-19)20-12-7-4-8-13-20/h3-8,10-14,17H,2,9,15-16,18H2,1H3. The number of likely N-dealkylation sites (tertiary alicyclic amines) is 1. The van der Waals surface area contributed by atoms with Crippen LogP contribution in [0.2, 0.25) is 0 Å². The minimum absolute atomic E-state index is 0.0261. The van der Waals surface area contributed by atoms with Gasteiger partial charge in [0.2, 0.25) is 0 Å². The first-order chi connectivity index (χ1) is 13.2. The Labute approximate surface area is 160 Å². The maximum Gasteiger partial charge on any atom is 0.274 e. The van der Waals surface area contributed by atoms with Gasteiger partial charge in [-0.1, -0.05) is 60.7 Å². The number of carbonyl (C=O) groups excluding carboxylic acids is 1. The van der Waals surface area contributed by atoms with Crippen LogP contribution in [0.1, 0.15) is 41.4 Å². The molecule has 0 aliphatic carbocycles. The third-order valence-electron chi connectivity index (χ3n) is 5.62. The highest BCUT2D eigenvalue weighted by Gasteiger charge is 2.40. The predicted molar refractivity (Wildman–Crippen MR) is 107 cm³/mol. The van der Waals surface area contributed by atoms with E-state index in [0.29, 0.717) is 12.2 Å². The summed E-state index contributed by atoms with van der Waals surface area (Å²) in [7, 11) is 0. The van der Waals surface area contributed by atoms with Gasteiger partial charge in [0, 0.05) is 31.2 Å². The van der Waals surface area contributed by atoms with Crippen LogP contribution in [0.25, 0.3) is 0 Å². The number of amides is 1. The van der Waals surface area contributed by atoms with E-state index in [-0.39, 0.29) is 11.3 Å². The molecule has 1 aliphatic heterocycles. The van der Waals surface area contributed by atoms with Crippen LogP contribution in [0, 0.1) is 0 Å². The fraction of sp³-hybridized carbons (Fsp3) is 0.304. The van der Waals surface area contributed by atoms with Crippen LogP contribution < -0.4 is 0 Å². The molecule has 1 fully saturated rings. The number of aromatic nitrogens is 2. The van der Waals surface area contributed by atoms with Crippen LogP contribution in [-0.4, -0.2) is 33.7 Å². The number of nitrogens with zero attached hydrogens (tertiary/aromatic N) is 3. The van der Waals surface area contributed by atoms with E-state index in [9.17, 15) is 4.79 Å². The lowest BCUT2D eigenvalue weighted by atomic mass is 9.69. The molecular weight excluding hydrogens is 334 g/mol. The van der Waals surface area contributed by atoms with Crippen molar-refractivity contribution in [1.82, 2.24) is 14.7 Å². The number of rotatable bonds is 4. The van der Waals surface area contributed by atoms with Gasteiger partial charge in [0.15, 0.2) is 0 Å². The second-order valence-corrected chi connectivity index (χ2v) is 7.20. The molecule has 0 unspecified atom stereocenters. The third-order valence-corrected chi connectivity index (χ3v) is 5.62. The maximum atomic E-state index is 13.1. The van der Waals surface area contributed by atoms with Crippen LogP contribution in [0.15, 0.2) is 72.9 Å². The number of hydrogen-bond acceptors (Lipinski definition) is 2. The first kappa shape index (κ1) is 17.5. The first-order valence-corrected chi connectivity index (χ1v) is 9.67. The van der Waals surface area contributed by atoms with E-state index in [4.69, 9.17) is 0 Å². The molecule has 2 heterocycles.